The van der Waals surface area contributed by atoms with Gasteiger partial charge in [-0.25, -0.2) is 15.0 Å². The summed E-state index contributed by atoms with van der Waals surface area (Å²) in [4.78, 5) is 36.7. The normalized spacial score (nSPS) is 10.6. The molecule has 0 unspecified atom stereocenters. The first-order valence-corrected chi connectivity index (χ1v) is 11.7. The fourth-order valence-corrected chi connectivity index (χ4v) is 3.81. The second-order valence-electron chi connectivity index (χ2n) is 8.11. The van der Waals surface area contributed by atoms with Crippen LogP contribution in [0, 0.1) is 0 Å². The molecule has 0 atom stereocenters. The van der Waals surface area contributed by atoms with Gasteiger partial charge in [0, 0.05) is 42.6 Å². The lowest BCUT2D eigenvalue weighted by atomic mass is 10.2. The monoisotopic (exact) mass is 488 g/mol. The predicted molar refractivity (Wildman–Crippen MR) is 143 cm³/mol. The summed E-state index contributed by atoms with van der Waals surface area (Å²) in [5.41, 5.74) is 8.60. The predicted octanol–water partition coefficient (Wildman–Crippen LogP) is 4.55. The number of para-hydroxylation sites is 1. The van der Waals surface area contributed by atoms with E-state index in [4.69, 9.17) is 15.7 Å². The Hall–Kier alpha value is -5.18. The van der Waals surface area contributed by atoms with E-state index in [9.17, 15) is 4.79 Å². The zero-order chi connectivity index (χ0) is 25.5. The van der Waals surface area contributed by atoms with E-state index < -0.39 is 5.91 Å². The van der Waals surface area contributed by atoms with Crippen LogP contribution in [0.25, 0.3) is 11.4 Å². The van der Waals surface area contributed by atoms with Crippen molar-refractivity contribution in [1.82, 2.24) is 24.9 Å². The van der Waals surface area contributed by atoms with Crippen LogP contribution in [0.5, 0.6) is 0 Å². The number of hydrogen-bond donors (Lipinski definition) is 2. The zero-order valence-electron chi connectivity index (χ0n) is 19.9. The van der Waals surface area contributed by atoms with E-state index in [1.807, 2.05) is 79.0 Å². The largest absolute Gasteiger partial charge is 0.365 e. The van der Waals surface area contributed by atoms with Crippen molar-refractivity contribution in [3.63, 3.8) is 0 Å². The van der Waals surface area contributed by atoms with Crippen LogP contribution in [0.15, 0.2) is 104 Å². The van der Waals surface area contributed by atoms with E-state index >= 15 is 0 Å². The van der Waals surface area contributed by atoms with Crippen LogP contribution in [0.2, 0.25) is 0 Å². The lowest BCUT2D eigenvalue weighted by molar-refractivity contribution is 0.100. The highest BCUT2D eigenvalue weighted by atomic mass is 16.1. The Balaban J connectivity index is 1.54. The molecule has 0 radical (unpaired) electrons. The summed E-state index contributed by atoms with van der Waals surface area (Å²) in [7, 11) is 0. The summed E-state index contributed by atoms with van der Waals surface area (Å²) < 4.78 is 0. The average Bonchev–Trinajstić information content (AvgIpc) is 2.95. The second kappa shape index (κ2) is 11.0. The Bertz CT molecular complexity index is 1480. The van der Waals surface area contributed by atoms with Crippen LogP contribution >= 0.6 is 0 Å². The van der Waals surface area contributed by atoms with Crippen LogP contribution < -0.4 is 16.0 Å². The molecule has 0 aliphatic rings. The molecule has 3 N–H and O–H groups in total. The molecule has 0 fully saturated rings. The molecule has 2 aromatic carbocycles. The fraction of sp³-hybridized carbons (Fsp3) is 0.0714. The third-order valence-corrected chi connectivity index (χ3v) is 5.58. The fourth-order valence-electron chi connectivity index (χ4n) is 3.81. The first-order valence-electron chi connectivity index (χ1n) is 11.7. The number of hydrogen-bond acceptors (Lipinski definition) is 8. The molecule has 5 aromatic rings. The molecule has 1 amide bonds. The molecule has 3 heterocycles. The molecule has 0 aliphatic carbocycles. The lowest BCUT2D eigenvalue weighted by Crippen LogP contribution is -2.22. The third kappa shape index (κ3) is 5.57. The highest BCUT2D eigenvalue weighted by molar-refractivity contribution is 5.99. The molecule has 0 saturated heterocycles. The Morgan fingerprint density at radius 3 is 2.35 bits per heavy atom. The first-order chi connectivity index (χ1) is 18.2. The van der Waals surface area contributed by atoms with Gasteiger partial charge in [-0.2, -0.15) is 4.98 Å². The summed E-state index contributed by atoms with van der Waals surface area (Å²) >= 11 is 0. The van der Waals surface area contributed by atoms with Crippen molar-refractivity contribution in [3.8, 4) is 11.4 Å². The van der Waals surface area contributed by atoms with Gasteiger partial charge in [0.05, 0.1) is 0 Å². The maximum atomic E-state index is 12.4. The number of amides is 1. The number of nitrogens with one attached hydrogen (secondary N) is 1. The quantitative estimate of drug-likeness (QED) is 0.310. The van der Waals surface area contributed by atoms with Gasteiger partial charge in [-0.15, -0.1) is 0 Å². The molecule has 0 aliphatic heterocycles. The van der Waals surface area contributed by atoms with Crippen molar-refractivity contribution in [2.24, 2.45) is 5.73 Å². The minimum atomic E-state index is -0.639. The number of carbonyl (C=O) groups is 1. The van der Waals surface area contributed by atoms with Crippen LogP contribution in [0.4, 0.5) is 23.3 Å². The number of pyridine rings is 1. The highest BCUT2D eigenvalue weighted by Gasteiger charge is 2.23. The number of nitrogens with zero attached hydrogens (tertiary/aromatic N) is 6. The van der Waals surface area contributed by atoms with Crippen molar-refractivity contribution in [2.75, 3.05) is 16.8 Å². The molecule has 9 nitrogen and oxygen atoms in total. The smallest absolute Gasteiger partial charge is 0.254 e. The Morgan fingerprint density at radius 1 is 0.838 bits per heavy atom. The molecular weight excluding hydrogens is 464 g/mol. The second-order valence-corrected chi connectivity index (χ2v) is 8.11. The molecular formula is C28H24N8O. The Kier molecular flexibility index (Phi) is 7.03. The molecule has 5 rings (SSSR count). The van der Waals surface area contributed by atoms with Crippen molar-refractivity contribution in [3.05, 3.63) is 115 Å². The summed E-state index contributed by atoms with van der Waals surface area (Å²) in [6.45, 7) is 0.624. The van der Waals surface area contributed by atoms with Gasteiger partial charge in [-0.3, -0.25) is 14.7 Å². The van der Waals surface area contributed by atoms with Crippen LogP contribution in [-0.2, 0) is 6.42 Å². The summed E-state index contributed by atoms with van der Waals surface area (Å²) in [5.74, 6) is 1.11. The lowest BCUT2D eigenvalue weighted by Gasteiger charge is -2.25. The summed E-state index contributed by atoms with van der Waals surface area (Å²) in [6.07, 6.45) is 7.46. The SMILES string of the molecule is NC(=O)c1cnc(-c2ccccc2)nc1N(c1ccccc1)c1ccnc(NCCc2cccnc2)n1. The van der Waals surface area contributed by atoms with Crippen molar-refractivity contribution in [1.29, 1.82) is 0 Å². The van der Waals surface area contributed by atoms with Crippen molar-refractivity contribution < 1.29 is 4.79 Å². The molecule has 0 saturated carbocycles. The Morgan fingerprint density at radius 2 is 1.62 bits per heavy atom. The number of rotatable bonds is 9. The summed E-state index contributed by atoms with van der Waals surface area (Å²) in [6, 6.07) is 24.8. The minimum Gasteiger partial charge on any atom is -0.365 e. The maximum Gasteiger partial charge on any atom is 0.254 e. The number of carbonyl (C=O) groups excluding carboxylic acids is 1. The van der Waals surface area contributed by atoms with E-state index in [0.717, 1.165) is 23.2 Å². The van der Waals surface area contributed by atoms with Gasteiger partial charge in [-0.1, -0.05) is 54.6 Å². The molecule has 37 heavy (non-hydrogen) atoms. The van der Waals surface area contributed by atoms with Crippen molar-refractivity contribution >= 4 is 29.2 Å². The molecule has 3 aromatic heterocycles. The van der Waals surface area contributed by atoms with E-state index in [2.05, 4.69) is 20.3 Å². The van der Waals surface area contributed by atoms with Crippen LogP contribution in [-0.4, -0.2) is 37.4 Å². The van der Waals surface area contributed by atoms with Crippen LogP contribution in [0.3, 0.4) is 0 Å². The molecule has 182 valence electrons. The summed E-state index contributed by atoms with van der Waals surface area (Å²) in [5, 5.41) is 3.26. The average molecular weight is 489 g/mol. The number of aromatic nitrogens is 5. The van der Waals surface area contributed by atoms with Gasteiger partial charge in [-0.05, 0) is 36.2 Å². The molecule has 0 bridgehead atoms. The molecule has 0 spiro atoms. The Labute approximate surface area is 214 Å². The number of anilines is 4. The topological polar surface area (TPSA) is 123 Å². The van der Waals surface area contributed by atoms with E-state index in [1.165, 1.54) is 6.20 Å². The van der Waals surface area contributed by atoms with E-state index in [1.54, 1.807) is 23.4 Å². The number of primary amides is 1. The van der Waals surface area contributed by atoms with Gasteiger partial charge in [0.15, 0.2) is 11.6 Å². The van der Waals surface area contributed by atoms with Crippen molar-refractivity contribution in [2.45, 2.75) is 6.42 Å². The highest BCUT2D eigenvalue weighted by Crippen LogP contribution is 2.35. The minimum absolute atomic E-state index is 0.174. The third-order valence-electron chi connectivity index (χ3n) is 5.58. The maximum absolute atomic E-state index is 12.4. The number of benzene rings is 2. The van der Waals surface area contributed by atoms with Gasteiger partial charge >= 0.3 is 0 Å². The van der Waals surface area contributed by atoms with Gasteiger partial charge in [0.1, 0.15) is 11.4 Å². The van der Waals surface area contributed by atoms with Crippen LogP contribution in [0.1, 0.15) is 15.9 Å². The van der Waals surface area contributed by atoms with Gasteiger partial charge < -0.3 is 11.1 Å². The van der Waals surface area contributed by atoms with Gasteiger partial charge in [0.2, 0.25) is 5.95 Å². The molecule has 9 heteroatoms. The zero-order valence-corrected chi connectivity index (χ0v) is 19.9. The number of nitrogens with two attached hydrogens (primary N) is 1. The standard InChI is InChI=1S/C28H24N8O/c29-25(37)23-19-33-26(21-9-3-1-4-10-21)35-27(23)36(22-11-5-2-6-12-22)24-14-17-32-28(34-24)31-16-13-20-8-7-15-30-18-20/h1-12,14-15,17-19H,13,16H2,(H2,29,37)(H,31,32,34). The van der Waals surface area contributed by atoms with E-state index in [0.29, 0.717) is 30.0 Å². The first kappa shape index (κ1) is 23.6. The van der Waals surface area contributed by atoms with Gasteiger partial charge in [0.25, 0.3) is 5.91 Å². The van der Waals surface area contributed by atoms with E-state index in [-0.39, 0.29) is 5.56 Å².